The van der Waals surface area contributed by atoms with Gasteiger partial charge in [-0.2, -0.15) is 0 Å². The maximum atomic E-state index is 12.8. The average molecular weight is 406 g/mol. The fraction of sp³-hybridized carbons (Fsp3) is 0.316. The minimum Gasteiger partial charge on any atom is -0.325 e. The van der Waals surface area contributed by atoms with E-state index in [1.165, 1.54) is 16.6 Å². The van der Waals surface area contributed by atoms with Crippen LogP contribution in [0.2, 0.25) is 5.02 Å². The summed E-state index contributed by atoms with van der Waals surface area (Å²) in [6.07, 6.45) is 3.25. The van der Waals surface area contributed by atoms with Crippen molar-refractivity contribution in [3.8, 4) is 0 Å². The van der Waals surface area contributed by atoms with Crippen LogP contribution in [0, 0.1) is 6.92 Å². The predicted octanol–water partition coefficient (Wildman–Crippen LogP) is 5.72. The molecule has 0 spiro atoms. The molecule has 2 aromatic heterocycles. The van der Waals surface area contributed by atoms with Crippen LogP contribution in [0.5, 0.6) is 0 Å². The fourth-order valence-electron chi connectivity index (χ4n) is 2.55. The molecule has 0 aliphatic rings. The molecular weight excluding hydrogens is 386 g/mol. The number of thioether (sulfide) groups is 1. The number of aromatic nitrogens is 2. The van der Waals surface area contributed by atoms with E-state index in [0.717, 1.165) is 32.9 Å². The summed E-state index contributed by atoms with van der Waals surface area (Å²) in [4.78, 5) is 23.8. The summed E-state index contributed by atoms with van der Waals surface area (Å²) in [5.41, 5.74) is 1.73. The summed E-state index contributed by atoms with van der Waals surface area (Å²) in [6.45, 7) is 6.08. The van der Waals surface area contributed by atoms with Crippen molar-refractivity contribution < 1.29 is 4.79 Å². The maximum Gasteiger partial charge on any atom is 0.237 e. The first-order chi connectivity index (χ1) is 12.5. The molecular formula is C19H20ClN3OS2. The normalized spacial score (nSPS) is 12.3. The highest BCUT2D eigenvalue weighted by molar-refractivity contribution is 8.00. The molecule has 0 radical (unpaired) electrons. The summed E-state index contributed by atoms with van der Waals surface area (Å²) < 4.78 is 0. The predicted molar refractivity (Wildman–Crippen MR) is 112 cm³/mol. The second-order valence-electron chi connectivity index (χ2n) is 5.93. The second-order valence-corrected chi connectivity index (χ2v) is 8.67. The average Bonchev–Trinajstić information content (AvgIpc) is 3.06. The van der Waals surface area contributed by atoms with Gasteiger partial charge in [-0.25, -0.2) is 9.97 Å². The van der Waals surface area contributed by atoms with Crippen LogP contribution in [-0.2, 0) is 11.2 Å². The van der Waals surface area contributed by atoms with Crippen LogP contribution in [0.25, 0.3) is 10.2 Å². The molecule has 0 saturated carbocycles. The van der Waals surface area contributed by atoms with Crippen LogP contribution in [-0.4, -0.2) is 21.1 Å². The van der Waals surface area contributed by atoms with Crippen LogP contribution in [0.1, 0.15) is 30.7 Å². The van der Waals surface area contributed by atoms with Gasteiger partial charge in [-0.05, 0) is 43.5 Å². The Morgan fingerprint density at radius 1 is 1.31 bits per heavy atom. The van der Waals surface area contributed by atoms with Gasteiger partial charge in [-0.3, -0.25) is 4.79 Å². The smallest absolute Gasteiger partial charge is 0.237 e. The Morgan fingerprint density at radius 3 is 2.85 bits per heavy atom. The molecule has 3 rings (SSSR count). The van der Waals surface area contributed by atoms with E-state index < -0.39 is 0 Å². The van der Waals surface area contributed by atoms with Crippen molar-refractivity contribution in [3.63, 3.8) is 0 Å². The van der Waals surface area contributed by atoms with Crippen LogP contribution >= 0.6 is 34.7 Å². The number of nitrogens with zero attached hydrogens (tertiary/aromatic N) is 2. The van der Waals surface area contributed by atoms with E-state index in [2.05, 4.69) is 28.3 Å². The number of hydrogen-bond donors (Lipinski definition) is 1. The monoisotopic (exact) mass is 405 g/mol. The number of benzene rings is 1. The first-order valence-corrected chi connectivity index (χ1v) is 10.6. The summed E-state index contributed by atoms with van der Waals surface area (Å²) >= 11 is 9.22. The molecule has 0 aliphatic heterocycles. The summed E-state index contributed by atoms with van der Waals surface area (Å²) in [7, 11) is 0. The Labute approximate surface area is 166 Å². The molecule has 0 fully saturated rings. The van der Waals surface area contributed by atoms with E-state index in [4.69, 9.17) is 11.6 Å². The van der Waals surface area contributed by atoms with E-state index in [1.807, 2.05) is 26.0 Å². The Kier molecular flexibility index (Phi) is 6.16. The standard InChI is InChI=1S/C19H20ClN3OS2/c1-4-13-9-14-18(25-13)21-10-22-19(14)26-16(5-2)17(24)23-15-8-12(20)7-6-11(15)3/h6-10,16H,4-5H2,1-3H3,(H,23,24). The Balaban J connectivity index is 1.82. The van der Waals surface area contributed by atoms with Gasteiger partial charge in [0.1, 0.15) is 16.2 Å². The van der Waals surface area contributed by atoms with E-state index in [1.54, 1.807) is 23.7 Å². The maximum absolute atomic E-state index is 12.8. The van der Waals surface area contributed by atoms with Gasteiger partial charge in [0.15, 0.2) is 0 Å². The molecule has 0 saturated heterocycles. The molecule has 7 heteroatoms. The van der Waals surface area contributed by atoms with Crippen LogP contribution in [0.3, 0.4) is 0 Å². The lowest BCUT2D eigenvalue weighted by Crippen LogP contribution is -2.25. The number of halogens is 1. The first-order valence-electron chi connectivity index (χ1n) is 8.48. The lowest BCUT2D eigenvalue weighted by Gasteiger charge is -2.16. The topological polar surface area (TPSA) is 54.9 Å². The number of rotatable bonds is 6. The molecule has 1 atom stereocenters. The third-order valence-electron chi connectivity index (χ3n) is 4.07. The lowest BCUT2D eigenvalue weighted by atomic mass is 10.2. The third kappa shape index (κ3) is 4.19. The minimum absolute atomic E-state index is 0.0411. The van der Waals surface area contributed by atoms with Crippen molar-refractivity contribution in [2.75, 3.05) is 5.32 Å². The zero-order valence-electron chi connectivity index (χ0n) is 14.9. The van der Waals surface area contributed by atoms with Crippen LogP contribution < -0.4 is 5.32 Å². The Morgan fingerprint density at radius 2 is 2.12 bits per heavy atom. The molecule has 0 aliphatic carbocycles. The molecule has 0 bridgehead atoms. The van der Waals surface area contributed by atoms with Crippen molar-refractivity contribution in [2.45, 2.75) is 43.9 Å². The number of hydrogen-bond acceptors (Lipinski definition) is 5. The van der Waals surface area contributed by atoms with Crippen molar-refractivity contribution in [1.82, 2.24) is 9.97 Å². The zero-order valence-corrected chi connectivity index (χ0v) is 17.3. The SMILES string of the molecule is CCc1cc2c(SC(CC)C(=O)Nc3cc(Cl)ccc3C)ncnc2s1. The highest BCUT2D eigenvalue weighted by Crippen LogP contribution is 2.34. The van der Waals surface area contributed by atoms with Crippen molar-refractivity contribution in [3.05, 3.63) is 46.1 Å². The van der Waals surface area contributed by atoms with E-state index in [9.17, 15) is 4.79 Å². The van der Waals surface area contributed by atoms with Gasteiger partial charge in [0.25, 0.3) is 0 Å². The molecule has 1 unspecified atom stereocenters. The quantitative estimate of drug-likeness (QED) is 0.420. The highest BCUT2D eigenvalue weighted by Gasteiger charge is 2.21. The van der Waals surface area contributed by atoms with Gasteiger partial charge in [-0.1, -0.05) is 43.3 Å². The van der Waals surface area contributed by atoms with E-state index >= 15 is 0 Å². The number of amides is 1. The van der Waals surface area contributed by atoms with Gasteiger partial charge in [0.05, 0.1) is 5.25 Å². The highest BCUT2D eigenvalue weighted by atomic mass is 35.5. The van der Waals surface area contributed by atoms with Crippen LogP contribution in [0.15, 0.2) is 35.6 Å². The Hall–Kier alpha value is -1.63. The van der Waals surface area contributed by atoms with Gasteiger partial charge < -0.3 is 5.32 Å². The number of nitrogens with one attached hydrogen (secondary N) is 1. The summed E-state index contributed by atoms with van der Waals surface area (Å²) in [5.74, 6) is -0.0411. The minimum atomic E-state index is -0.239. The van der Waals surface area contributed by atoms with Crippen molar-refractivity contribution in [2.24, 2.45) is 0 Å². The molecule has 26 heavy (non-hydrogen) atoms. The molecule has 4 nitrogen and oxygen atoms in total. The second kappa shape index (κ2) is 8.37. The van der Waals surface area contributed by atoms with E-state index in [-0.39, 0.29) is 11.2 Å². The molecule has 1 N–H and O–H groups in total. The lowest BCUT2D eigenvalue weighted by molar-refractivity contribution is -0.115. The number of carbonyl (C=O) groups is 1. The van der Waals surface area contributed by atoms with Gasteiger partial charge in [0.2, 0.25) is 5.91 Å². The third-order valence-corrected chi connectivity index (χ3v) is 6.87. The number of carbonyl (C=O) groups excluding carboxylic acids is 1. The number of fused-ring (bicyclic) bond motifs is 1. The largest absolute Gasteiger partial charge is 0.325 e. The number of thiophene rings is 1. The van der Waals surface area contributed by atoms with E-state index in [0.29, 0.717) is 11.4 Å². The van der Waals surface area contributed by atoms with Gasteiger partial charge in [0, 0.05) is 21.0 Å². The molecule has 3 aromatic rings. The molecule has 136 valence electrons. The zero-order chi connectivity index (χ0) is 18.7. The first kappa shape index (κ1) is 19.1. The molecule has 1 aromatic carbocycles. The number of anilines is 1. The van der Waals surface area contributed by atoms with Crippen LogP contribution in [0.4, 0.5) is 5.69 Å². The van der Waals surface area contributed by atoms with Crippen molar-refractivity contribution in [1.29, 1.82) is 0 Å². The Bertz CT molecular complexity index is 942. The molecule has 2 heterocycles. The fourth-order valence-corrected chi connectivity index (χ4v) is 4.72. The van der Waals surface area contributed by atoms with Gasteiger partial charge >= 0.3 is 0 Å². The van der Waals surface area contributed by atoms with Gasteiger partial charge in [-0.15, -0.1) is 11.3 Å². The summed E-state index contributed by atoms with van der Waals surface area (Å²) in [5, 5.41) is 5.26. The molecule has 1 amide bonds. The van der Waals surface area contributed by atoms with Crippen molar-refractivity contribution >= 4 is 56.5 Å². The summed E-state index contributed by atoms with van der Waals surface area (Å²) in [6, 6.07) is 7.63. The number of aryl methyl sites for hydroxylation is 2.